The summed E-state index contributed by atoms with van der Waals surface area (Å²) in [4.78, 5) is 28.0. The number of methoxy groups -OCH3 is 1. The lowest BCUT2D eigenvalue weighted by atomic mass is 10.1. The number of carbonyl (C=O) groups is 2. The predicted molar refractivity (Wildman–Crippen MR) is 114 cm³/mol. The topological polar surface area (TPSA) is 106 Å². The number of fused-ring (bicyclic) bond motifs is 1. The fourth-order valence-corrected chi connectivity index (χ4v) is 2.74. The number of benzene rings is 1. The molecule has 0 aliphatic carbocycles. The van der Waals surface area contributed by atoms with Crippen LogP contribution in [0.1, 0.15) is 44.5 Å². The molecule has 0 fully saturated rings. The number of allylic oxidation sites excluding steroid dienone is 2. The first-order valence-electron chi connectivity index (χ1n) is 9.67. The Bertz CT molecular complexity index is 1080. The number of aliphatic imine (C=N–C) groups is 1. The van der Waals surface area contributed by atoms with E-state index in [4.69, 9.17) is 4.74 Å². The molecule has 1 aromatic carbocycles. The fraction of sp³-hybridized carbons (Fsp3) is 0.429. The molecule has 2 N–H and O–H groups in total. The molecule has 0 aliphatic rings. The van der Waals surface area contributed by atoms with Crippen molar-refractivity contribution in [2.45, 2.75) is 52.4 Å². The molecular weight excluding hydrogens is 429 g/mol. The van der Waals surface area contributed by atoms with Gasteiger partial charge in [-0.3, -0.25) is 9.48 Å². The van der Waals surface area contributed by atoms with E-state index in [1.165, 1.54) is 12.1 Å². The number of amides is 1. The number of carbonyl (C=O) groups excluding carboxylic acids is 2. The van der Waals surface area contributed by atoms with Gasteiger partial charge in [-0.15, -0.1) is 0 Å². The van der Waals surface area contributed by atoms with Gasteiger partial charge in [-0.05, 0) is 46.2 Å². The van der Waals surface area contributed by atoms with Crippen molar-refractivity contribution in [2.24, 2.45) is 4.99 Å². The van der Waals surface area contributed by atoms with E-state index >= 15 is 0 Å². The molecule has 174 valence electrons. The van der Waals surface area contributed by atoms with Crippen LogP contribution < -0.4 is 5.32 Å². The number of hydrogen-bond acceptors (Lipinski definition) is 6. The highest BCUT2D eigenvalue weighted by Gasteiger charge is 2.33. The molecule has 0 spiro atoms. The number of aliphatic hydroxyl groups is 1. The van der Waals surface area contributed by atoms with E-state index < -0.39 is 35.1 Å². The second-order valence-corrected chi connectivity index (χ2v) is 7.73. The Morgan fingerprint density at radius 3 is 2.50 bits per heavy atom. The molecule has 0 unspecified atom stereocenters. The molecule has 1 heterocycles. The molecule has 0 aliphatic heterocycles. The first kappa shape index (κ1) is 25.1. The third-order valence-corrected chi connectivity index (χ3v) is 4.48. The van der Waals surface area contributed by atoms with Crippen LogP contribution >= 0.6 is 0 Å². The summed E-state index contributed by atoms with van der Waals surface area (Å²) in [5.41, 5.74) is -2.07. The Morgan fingerprint density at radius 1 is 1.31 bits per heavy atom. The second-order valence-electron chi connectivity index (χ2n) is 7.73. The number of rotatable bonds is 7. The summed E-state index contributed by atoms with van der Waals surface area (Å²) in [5.74, 6) is -1.67. The van der Waals surface area contributed by atoms with Gasteiger partial charge in [0.25, 0.3) is 5.91 Å². The van der Waals surface area contributed by atoms with Gasteiger partial charge in [-0.1, -0.05) is 6.08 Å². The molecule has 2 aromatic rings. The van der Waals surface area contributed by atoms with Crippen LogP contribution in [-0.4, -0.2) is 51.4 Å². The maximum atomic E-state index is 12.9. The van der Waals surface area contributed by atoms with Crippen LogP contribution in [0.3, 0.4) is 0 Å². The van der Waals surface area contributed by atoms with E-state index in [0.29, 0.717) is 23.9 Å². The van der Waals surface area contributed by atoms with Crippen molar-refractivity contribution in [3.8, 4) is 0 Å². The summed E-state index contributed by atoms with van der Waals surface area (Å²) in [7, 11) is 1.16. The summed E-state index contributed by atoms with van der Waals surface area (Å²) < 4.78 is 45.1. The molecule has 0 saturated carbocycles. The van der Waals surface area contributed by atoms with Gasteiger partial charge < -0.3 is 15.2 Å². The molecule has 0 saturated heterocycles. The van der Waals surface area contributed by atoms with Gasteiger partial charge in [-0.2, -0.15) is 18.3 Å². The third kappa shape index (κ3) is 6.39. The van der Waals surface area contributed by atoms with E-state index in [0.717, 1.165) is 27.0 Å². The number of esters is 1. The number of nitrogens with zero attached hydrogens (tertiary/aromatic N) is 3. The van der Waals surface area contributed by atoms with E-state index in [-0.39, 0.29) is 11.3 Å². The molecule has 32 heavy (non-hydrogen) atoms. The summed E-state index contributed by atoms with van der Waals surface area (Å²) in [6, 6.07) is 2.89. The Morgan fingerprint density at radius 2 is 1.97 bits per heavy atom. The van der Waals surface area contributed by atoms with Gasteiger partial charge >= 0.3 is 12.1 Å². The number of nitrogens with one attached hydrogen (secondary N) is 1. The molecule has 0 bridgehead atoms. The van der Waals surface area contributed by atoms with Gasteiger partial charge in [0, 0.05) is 18.1 Å². The number of alkyl halides is 3. The Labute approximate surface area is 182 Å². The predicted octanol–water partition coefficient (Wildman–Crippen LogP) is 3.85. The van der Waals surface area contributed by atoms with Crippen LogP contribution in [0.15, 0.2) is 35.1 Å². The molecule has 11 heteroatoms. The van der Waals surface area contributed by atoms with Crippen LogP contribution in [0, 0.1) is 0 Å². The maximum Gasteiger partial charge on any atom is 0.433 e. The Kier molecular flexibility index (Phi) is 7.45. The van der Waals surface area contributed by atoms with Crippen molar-refractivity contribution >= 4 is 34.2 Å². The van der Waals surface area contributed by atoms with Gasteiger partial charge in [-0.25, -0.2) is 9.79 Å². The minimum absolute atomic E-state index is 0.0176. The lowest BCUT2D eigenvalue weighted by Crippen LogP contribution is -2.23. The van der Waals surface area contributed by atoms with E-state index in [9.17, 15) is 27.9 Å². The molecule has 0 atom stereocenters. The number of anilines is 1. The zero-order valence-corrected chi connectivity index (χ0v) is 18.4. The Balaban J connectivity index is 2.40. The minimum atomic E-state index is -4.70. The minimum Gasteiger partial charge on any atom is -0.465 e. The molecule has 0 radical (unpaired) electrons. The number of ether oxygens (including phenoxy) is 1. The first-order chi connectivity index (χ1) is 14.7. The molecule has 8 nitrogen and oxygen atoms in total. The summed E-state index contributed by atoms with van der Waals surface area (Å²) in [6.45, 7) is 6.04. The van der Waals surface area contributed by atoms with Gasteiger partial charge in [0.05, 0.1) is 29.5 Å². The first-order valence-corrected chi connectivity index (χ1v) is 9.67. The SMILES string of the molecule is C/C=C(\N=C(/C)C(=O)Nc1cc2cn(CCC(C)(C)O)nc2cc1C(=O)OC)C(F)(F)F. The number of hydrogen-bond donors (Lipinski definition) is 2. The average Bonchev–Trinajstić information content (AvgIpc) is 3.09. The highest BCUT2D eigenvalue weighted by Crippen LogP contribution is 2.27. The van der Waals surface area contributed by atoms with Gasteiger partial charge in [0.2, 0.25) is 0 Å². The van der Waals surface area contributed by atoms with Gasteiger partial charge in [0.15, 0.2) is 0 Å². The van der Waals surface area contributed by atoms with E-state index in [2.05, 4.69) is 15.4 Å². The maximum absolute atomic E-state index is 12.9. The van der Waals surface area contributed by atoms with Crippen LogP contribution in [0.4, 0.5) is 18.9 Å². The highest BCUT2D eigenvalue weighted by molar-refractivity contribution is 6.42. The van der Waals surface area contributed by atoms with Crippen LogP contribution in [0.25, 0.3) is 10.9 Å². The van der Waals surface area contributed by atoms with Crippen molar-refractivity contribution in [1.82, 2.24) is 9.78 Å². The summed E-state index contributed by atoms with van der Waals surface area (Å²) in [5, 5.41) is 17.2. The number of aromatic nitrogens is 2. The van der Waals surface area contributed by atoms with Crippen molar-refractivity contribution in [3.05, 3.63) is 35.7 Å². The standard InChI is InChI=1S/C21H25F3N4O4/c1-6-17(21(22,23)24)25-12(2)18(29)26-16-9-13-11-28(8-7-20(3,4)31)27-15(13)10-14(16)19(30)32-5/h6,9-11,31H,7-8H2,1-5H3,(H,26,29)/b17-6-,25-12+. The van der Waals surface area contributed by atoms with Crippen molar-refractivity contribution in [2.75, 3.05) is 12.4 Å². The summed E-state index contributed by atoms with van der Waals surface area (Å²) >= 11 is 0. The molecule has 1 amide bonds. The second kappa shape index (κ2) is 9.51. The van der Waals surface area contributed by atoms with Crippen molar-refractivity contribution < 1.29 is 32.6 Å². The highest BCUT2D eigenvalue weighted by atomic mass is 19.4. The van der Waals surface area contributed by atoms with E-state index in [1.54, 1.807) is 24.7 Å². The molecule has 2 rings (SSSR count). The van der Waals surface area contributed by atoms with Crippen LogP contribution in [0.2, 0.25) is 0 Å². The molecule has 1 aromatic heterocycles. The zero-order valence-electron chi connectivity index (χ0n) is 18.4. The van der Waals surface area contributed by atoms with Crippen molar-refractivity contribution in [1.29, 1.82) is 0 Å². The largest absolute Gasteiger partial charge is 0.465 e. The number of halogens is 3. The van der Waals surface area contributed by atoms with Crippen molar-refractivity contribution in [3.63, 3.8) is 0 Å². The quantitative estimate of drug-likeness (QED) is 0.488. The fourth-order valence-electron chi connectivity index (χ4n) is 2.74. The van der Waals surface area contributed by atoms with Crippen LogP contribution in [0.5, 0.6) is 0 Å². The lowest BCUT2D eigenvalue weighted by Gasteiger charge is -2.16. The number of aryl methyl sites for hydroxylation is 1. The van der Waals surface area contributed by atoms with Gasteiger partial charge in [0.1, 0.15) is 11.4 Å². The Hall–Kier alpha value is -3.21. The average molecular weight is 454 g/mol. The summed E-state index contributed by atoms with van der Waals surface area (Å²) in [6.07, 6.45) is -1.86. The zero-order chi connectivity index (χ0) is 24.3. The smallest absolute Gasteiger partial charge is 0.433 e. The lowest BCUT2D eigenvalue weighted by molar-refractivity contribution is -0.110. The van der Waals surface area contributed by atoms with E-state index in [1.807, 2.05) is 0 Å². The molecular formula is C21H25F3N4O4. The normalized spacial score (nSPS) is 13.4. The van der Waals surface area contributed by atoms with Crippen LogP contribution in [-0.2, 0) is 16.1 Å². The third-order valence-electron chi connectivity index (χ3n) is 4.48. The monoisotopic (exact) mass is 454 g/mol.